The Hall–Kier alpha value is -7.77. The van der Waals surface area contributed by atoms with E-state index in [9.17, 15) is 87.2 Å². The molecule has 1 aliphatic heterocycles. The van der Waals surface area contributed by atoms with Crippen LogP contribution in [0.25, 0.3) is 0 Å². The SMILES string of the molecule is C#CCCCC(=O)NCCCCNCCCC[C@@H]1NC(=O)C(NC(=O)[C@@H](NC(=O)[C@H](CC(=O)O)NC(=O)[C@H](C)N)C(C)C)CSSCC(C(=O)N[C@H](C(=O)O)[C@@H](C)CC)NC(=O)C(CC(=O)O)NC(=O)[C@H]([C@@H](C)CC)NC(=O)[C@H](CC(N)=O)NC(=O)CNC1=O. The normalized spacial score (nSPS) is 21.2. The second kappa shape index (κ2) is 43.0. The monoisotopic (exact) mass is 1310 g/mol. The lowest BCUT2D eigenvalue weighted by atomic mass is 9.97. The van der Waals surface area contributed by atoms with Crippen molar-refractivity contribution in [3.05, 3.63) is 0 Å². The molecule has 12 atom stereocenters. The maximum absolute atomic E-state index is 14.7. The van der Waals surface area contributed by atoms with Crippen molar-refractivity contribution >= 4 is 110 Å². The number of terminal acetylenes is 1. The molecule has 506 valence electrons. The number of carboxylic acids is 3. The van der Waals surface area contributed by atoms with Crippen LogP contribution in [0.5, 0.6) is 0 Å². The molecule has 0 aromatic carbocycles. The van der Waals surface area contributed by atoms with Crippen LogP contribution in [-0.2, 0) is 71.9 Å². The molecule has 1 aliphatic rings. The molecule has 32 nitrogen and oxygen atoms in total. The van der Waals surface area contributed by atoms with Gasteiger partial charge in [-0.25, -0.2) is 4.79 Å². The predicted molar refractivity (Wildman–Crippen MR) is 330 cm³/mol. The lowest BCUT2D eigenvalue weighted by Crippen LogP contribution is -2.61. The molecule has 1 heterocycles. The molecule has 34 heteroatoms. The van der Waals surface area contributed by atoms with E-state index in [1.165, 1.54) is 34.6 Å². The van der Waals surface area contributed by atoms with Gasteiger partial charge in [0.05, 0.1) is 31.8 Å². The fraction of sp³-hybridized carbons (Fsp3) is 0.696. The van der Waals surface area contributed by atoms with Gasteiger partial charge >= 0.3 is 17.9 Å². The van der Waals surface area contributed by atoms with Crippen LogP contribution < -0.4 is 75.3 Å². The maximum atomic E-state index is 14.7. The van der Waals surface area contributed by atoms with Gasteiger partial charge < -0.3 is 90.6 Å². The van der Waals surface area contributed by atoms with Crippen LogP contribution in [0.4, 0.5) is 0 Å². The Morgan fingerprint density at radius 3 is 1.84 bits per heavy atom. The standard InChI is InChI=1S/C56H92N14O18S2/c1-9-12-13-19-40(72)60-22-17-16-21-59-20-15-14-18-33-48(79)61-26-41(73)62-34(23-39(58)71)50(81)69-45(30(6)10-2)55(86)65-35(24-42(74)75)49(80)66-38(53(84)70-46(56(87)88)31(7)11-3)28-90-89-27-37(52(83)63-33)67-54(85)44(29(4)5)68-51(82)36(25-43(76)77)64-47(78)32(8)57/h1,29-38,44-46,59H,10-28,57H2,2-8H3,(H2,58,71)(H,60,72)(H,61,79)(H,62,73)(H,63,83)(H,64,78)(H,65,86)(H,66,80)(H,67,85)(H,68,82)(H,69,81)(H,70,84)(H,74,75)(H,76,77)(H,87,88)/t30-,31-,32-,33-,34-,35?,36-,37?,38?,44-,45-,46-/m0/s1. The lowest BCUT2D eigenvalue weighted by molar-refractivity contribution is -0.144. The molecule has 1 rings (SSSR count). The number of hydrogen-bond acceptors (Lipinski definition) is 19. The van der Waals surface area contributed by atoms with Gasteiger partial charge in [0, 0.05) is 30.9 Å². The van der Waals surface area contributed by atoms with Crippen LogP contribution in [0.2, 0.25) is 0 Å². The first-order chi connectivity index (χ1) is 42.4. The van der Waals surface area contributed by atoms with E-state index < -0.39 is 198 Å². The van der Waals surface area contributed by atoms with Crippen LogP contribution in [0.1, 0.15) is 132 Å². The Kier molecular flexibility index (Phi) is 38.4. The van der Waals surface area contributed by atoms with Crippen LogP contribution in [0.3, 0.4) is 0 Å². The number of nitrogens with one attached hydrogen (secondary N) is 12. The molecule has 1 saturated heterocycles. The zero-order valence-electron chi connectivity index (χ0n) is 52.0. The lowest BCUT2D eigenvalue weighted by Gasteiger charge is -2.29. The van der Waals surface area contributed by atoms with Crippen LogP contribution >= 0.6 is 21.6 Å². The molecule has 90 heavy (non-hydrogen) atoms. The maximum Gasteiger partial charge on any atom is 0.326 e. The fourth-order valence-corrected chi connectivity index (χ4v) is 10.7. The molecule has 0 bridgehead atoms. The van der Waals surface area contributed by atoms with E-state index in [0.717, 1.165) is 21.6 Å². The summed E-state index contributed by atoms with van der Waals surface area (Å²) >= 11 is 0. The van der Waals surface area contributed by atoms with Crippen LogP contribution in [-0.4, -0.2) is 202 Å². The summed E-state index contributed by atoms with van der Waals surface area (Å²) in [5.74, 6) is -17.2. The van der Waals surface area contributed by atoms with Gasteiger partial charge in [-0.3, -0.25) is 67.1 Å². The van der Waals surface area contributed by atoms with Crippen molar-refractivity contribution in [1.29, 1.82) is 0 Å². The molecule has 0 aliphatic carbocycles. The molecule has 12 amide bonds. The number of aliphatic carboxylic acids is 3. The number of rotatable bonds is 33. The first kappa shape index (κ1) is 80.2. The summed E-state index contributed by atoms with van der Waals surface area (Å²) < 4.78 is 0. The summed E-state index contributed by atoms with van der Waals surface area (Å²) in [5.41, 5.74) is 11.1. The Morgan fingerprint density at radius 1 is 0.656 bits per heavy atom. The minimum Gasteiger partial charge on any atom is -0.481 e. The van der Waals surface area contributed by atoms with E-state index in [2.05, 4.69) is 69.7 Å². The third-order valence-corrected chi connectivity index (χ3v) is 16.5. The molecule has 1 fully saturated rings. The van der Waals surface area contributed by atoms with E-state index in [0.29, 0.717) is 58.2 Å². The minimum absolute atomic E-state index is 0.100. The largest absolute Gasteiger partial charge is 0.481 e. The van der Waals surface area contributed by atoms with E-state index in [1.807, 2.05) is 0 Å². The second-order valence-electron chi connectivity index (χ2n) is 22.0. The van der Waals surface area contributed by atoms with E-state index in [-0.39, 0.29) is 31.6 Å². The minimum atomic E-state index is -1.98. The van der Waals surface area contributed by atoms with Gasteiger partial charge in [0.15, 0.2) is 0 Å². The van der Waals surface area contributed by atoms with Gasteiger partial charge in [-0.05, 0) is 76.3 Å². The van der Waals surface area contributed by atoms with Crippen molar-refractivity contribution < 1.29 is 87.2 Å². The molecular weight excluding hydrogens is 1220 g/mol. The summed E-state index contributed by atoms with van der Waals surface area (Å²) in [5, 5.41) is 59.6. The van der Waals surface area contributed by atoms with Gasteiger partial charge in [0.2, 0.25) is 70.9 Å². The molecule has 19 N–H and O–H groups in total. The third kappa shape index (κ3) is 31.6. The van der Waals surface area contributed by atoms with Crippen molar-refractivity contribution in [3.63, 3.8) is 0 Å². The molecule has 0 saturated carbocycles. The topological polar surface area (TPSA) is 513 Å². The Labute approximate surface area is 531 Å². The van der Waals surface area contributed by atoms with Crippen LogP contribution in [0, 0.1) is 30.1 Å². The summed E-state index contributed by atoms with van der Waals surface area (Å²) in [4.78, 5) is 200. The van der Waals surface area contributed by atoms with E-state index in [1.54, 1.807) is 13.8 Å². The van der Waals surface area contributed by atoms with Gasteiger partial charge in [-0.2, -0.15) is 0 Å². The number of hydrogen-bond donors (Lipinski definition) is 17. The number of unbranched alkanes of at least 4 members (excludes halogenated alkanes) is 3. The van der Waals surface area contributed by atoms with Crippen molar-refractivity contribution in [2.45, 2.75) is 192 Å². The predicted octanol–water partition coefficient (Wildman–Crippen LogP) is -3.67. The summed E-state index contributed by atoms with van der Waals surface area (Å²) in [7, 11) is 1.58. The first-order valence-electron chi connectivity index (χ1n) is 29.7. The van der Waals surface area contributed by atoms with Gasteiger partial charge in [0.25, 0.3) is 0 Å². The van der Waals surface area contributed by atoms with E-state index in [4.69, 9.17) is 17.9 Å². The summed E-state index contributed by atoms with van der Waals surface area (Å²) in [6.07, 6.45) is 6.14. The quantitative estimate of drug-likeness (QED) is 0.0171. The smallest absolute Gasteiger partial charge is 0.326 e. The van der Waals surface area contributed by atoms with Gasteiger partial charge in [0.1, 0.15) is 54.4 Å². The molecule has 3 unspecified atom stereocenters. The molecule has 0 aromatic rings. The highest BCUT2D eigenvalue weighted by Crippen LogP contribution is 2.24. The molecule has 0 aromatic heterocycles. The zero-order chi connectivity index (χ0) is 68.2. The highest BCUT2D eigenvalue weighted by Gasteiger charge is 2.38. The van der Waals surface area contributed by atoms with E-state index >= 15 is 0 Å². The highest BCUT2D eigenvalue weighted by atomic mass is 33.1. The molecule has 0 radical (unpaired) electrons. The highest BCUT2D eigenvalue weighted by molar-refractivity contribution is 8.76. The third-order valence-electron chi connectivity index (χ3n) is 14.1. The van der Waals surface area contributed by atoms with Gasteiger partial charge in [-0.15, -0.1) is 12.3 Å². The summed E-state index contributed by atoms with van der Waals surface area (Å²) in [6.45, 7) is 11.2. The molecule has 0 spiro atoms. The number of amides is 12. The number of carbonyl (C=O) groups excluding carboxylic acids is 12. The summed E-state index contributed by atoms with van der Waals surface area (Å²) in [6, 6.07) is -16.2. The Balaban J connectivity index is 4.01. The van der Waals surface area contributed by atoms with Crippen molar-refractivity contribution in [2.75, 3.05) is 37.7 Å². The van der Waals surface area contributed by atoms with Crippen molar-refractivity contribution in [1.82, 2.24) is 63.8 Å². The number of carboxylic acid groups (broad SMARTS) is 3. The molecular formula is C56H92N14O18S2. The van der Waals surface area contributed by atoms with Gasteiger partial charge in [-0.1, -0.05) is 76.0 Å². The number of nitrogens with two attached hydrogens (primary N) is 2. The average molecular weight is 1310 g/mol. The zero-order valence-corrected chi connectivity index (χ0v) is 53.6. The fourth-order valence-electron chi connectivity index (χ4n) is 8.40. The van der Waals surface area contributed by atoms with Crippen molar-refractivity contribution in [2.24, 2.45) is 29.2 Å². The number of carbonyl (C=O) groups is 15. The van der Waals surface area contributed by atoms with Crippen LogP contribution in [0.15, 0.2) is 0 Å². The second-order valence-corrected chi connectivity index (χ2v) is 24.6. The van der Waals surface area contributed by atoms with Crippen molar-refractivity contribution in [3.8, 4) is 12.3 Å². The Bertz CT molecular complexity index is 2540. The number of primary amides is 1. The first-order valence-corrected chi connectivity index (χ1v) is 32.2. The average Bonchev–Trinajstić information content (AvgIpc) is 1.72. The Morgan fingerprint density at radius 2 is 1.27 bits per heavy atom.